The van der Waals surface area contributed by atoms with Gasteiger partial charge in [0.05, 0.1) is 0 Å². The van der Waals surface area contributed by atoms with E-state index in [1.165, 1.54) is 36.5 Å². The van der Waals surface area contributed by atoms with Gasteiger partial charge in [-0.2, -0.15) is 0 Å². The highest BCUT2D eigenvalue weighted by Gasteiger charge is 2.40. The summed E-state index contributed by atoms with van der Waals surface area (Å²) in [4.78, 5) is 12.3. The number of nitrogens with one attached hydrogen (secondary N) is 1. The van der Waals surface area contributed by atoms with Crippen molar-refractivity contribution in [1.82, 2.24) is 0 Å². The number of hydrogen-bond donors (Lipinski definition) is 1. The van der Waals surface area contributed by atoms with Gasteiger partial charge in [-0.05, 0) is 59.9 Å². The summed E-state index contributed by atoms with van der Waals surface area (Å²) in [6.07, 6.45) is 6.09. The van der Waals surface area contributed by atoms with Crippen LogP contribution >= 0.6 is 0 Å². The zero-order valence-corrected chi connectivity index (χ0v) is 12.2. The largest absolute Gasteiger partial charge is 0.326 e. The van der Waals surface area contributed by atoms with E-state index < -0.39 is 0 Å². The van der Waals surface area contributed by atoms with Crippen molar-refractivity contribution in [1.29, 1.82) is 0 Å². The van der Waals surface area contributed by atoms with Gasteiger partial charge in [0.25, 0.3) is 0 Å². The van der Waals surface area contributed by atoms with E-state index in [4.69, 9.17) is 0 Å². The van der Waals surface area contributed by atoms with Crippen molar-refractivity contribution < 1.29 is 4.79 Å². The van der Waals surface area contributed by atoms with Crippen molar-refractivity contribution in [2.75, 3.05) is 5.32 Å². The maximum atomic E-state index is 12.3. The second kappa shape index (κ2) is 5.18. The fourth-order valence-corrected chi connectivity index (χ4v) is 4.34. The van der Waals surface area contributed by atoms with Gasteiger partial charge in [0, 0.05) is 12.1 Å². The SMILES string of the molecule is O=C(C[C@H]1C[C@H]2CC[C@H]1C2)Nc1ccc2ccccc2c1. The molecule has 1 amide bonds. The van der Waals surface area contributed by atoms with Crippen LogP contribution in [0.1, 0.15) is 32.1 Å². The molecular weight excluding hydrogens is 258 g/mol. The van der Waals surface area contributed by atoms with E-state index in [1.54, 1.807) is 0 Å². The molecule has 2 aliphatic carbocycles. The van der Waals surface area contributed by atoms with Crippen LogP contribution in [0.3, 0.4) is 0 Å². The highest BCUT2D eigenvalue weighted by atomic mass is 16.1. The monoisotopic (exact) mass is 279 g/mol. The molecule has 4 rings (SSSR count). The molecule has 2 heteroatoms. The molecule has 2 aromatic carbocycles. The Labute approximate surface area is 125 Å². The molecule has 2 fully saturated rings. The van der Waals surface area contributed by atoms with Crippen LogP contribution in [0.25, 0.3) is 10.8 Å². The molecular formula is C19H21NO. The molecule has 2 nitrogen and oxygen atoms in total. The van der Waals surface area contributed by atoms with Crippen molar-refractivity contribution in [2.24, 2.45) is 17.8 Å². The lowest BCUT2D eigenvalue weighted by Gasteiger charge is -2.20. The number of rotatable bonds is 3. The van der Waals surface area contributed by atoms with E-state index >= 15 is 0 Å². The van der Waals surface area contributed by atoms with Gasteiger partial charge in [0.1, 0.15) is 0 Å². The number of carbonyl (C=O) groups excluding carboxylic acids is 1. The van der Waals surface area contributed by atoms with E-state index in [0.717, 1.165) is 17.5 Å². The molecule has 2 aromatic rings. The Balaban J connectivity index is 1.43. The first-order valence-electron chi connectivity index (χ1n) is 8.06. The molecule has 3 atom stereocenters. The molecule has 0 radical (unpaired) electrons. The van der Waals surface area contributed by atoms with Gasteiger partial charge >= 0.3 is 0 Å². The van der Waals surface area contributed by atoms with E-state index in [9.17, 15) is 4.79 Å². The van der Waals surface area contributed by atoms with Crippen LogP contribution in [-0.4, -0.2) is 5.91 Å². The first-order valence-corrected chi connectivity index (χ1v) is 8.06. The molecule has 2 aliphatic rings. The van der Waals surface area contributed by atoms with E-state index in [0.29, 0.717) is 12.3 Å². The predicted octanol–water partition coefficient (Wildman–Crippen LogP) is 4.60. The second-order valence-corrected chi connectivity index (χ2v) is 6.75. The third kappa shape index (κ3) is 2.55. The fourth-order valence-electron chi connectivity index (χ4n) is 4.34. The quantitative estimate of drug-likeness (QED) is 0.873. The smallest absolute Gasteiger partial charge is 0.224 e. The van der Waals surface area contributed by atoms with Crippen molar-refractivity contribution >= 4 is 22.4 Å². The van der Waals surface area contributed by atoms with Gasteiger partial charge in [-0.25, -0.2) is 0 Å². The van der Waals surface area contributed by atoms with Crippen LogP contribution in [0.5, 0.6) is 0 Å². The first-order chi connectivity index (χ1) is 10.3. The summed E-state index contributed by atoms with van der Waals surface area (Å²) in [6.45, 7) is 0. The van der Waals surface area contributed by atoms with Crippen LogP contribution in [0.2, 0.25) is 0 Å². The standard InChI is InChI=1S/C19H21NO/c21-19(12-17-10-13-5-6-16(17)9-13)20-18-8-7-14-3-1-2-4-15(14)11-18/h1-4,7-8,11,13,16-17H,5-6,9-10,12H2,(H,20,21)/t13-,16-,17+/m0/s1. The Morgan fingerprint density at radius 2 is 1.90 bits per heavy atom. The van der Waals surface area contributed by atoms with Gasteiger partial charge < -0.3 is 5.32 Å². The second-order valence-electron chi connectivity index (χ2n) is 6.75. The molecule has 21 heavy (non-hydrogen) atoms. The van der Waals surface area contributed by atoms with Crippen molar-refractivity contribution in [3.63, 3.8) is 0 Å². The lowest BCUT2D eigenvalue weighted by atomic mass is 9.86. The van der Waals surface area contributed by atoms with Gasteiger partial charge in [-0.3, -0.25) is 4.79 Å². The average Bonchev–Trinajstić information content (AvgIpc) is 3.09. The Bertz CT molecular complexity index is 678. The van der Waals surface area contributed by atoms with Crippen molar-refractivity contribution in [2.45, 2.75) is 32.1 Å². The lowest BCUT2D eigenvalue weighted by molar-refractivity contribution is -0.117. The summed E-state index contributed by atoms with van der Waals surface area (Å²) in [7, 11) is 0. The molecule has 0 aromatic heterocycles. The number of hydrogen-bond acceptors (Lipinski definition) is 1. The van der Waals surface area contributed by atoms with Crippen LogP contribution in [0.4, 0.5) is 5.69 Å². The number of benzene rings is 2. The molecule has 0 spiro atoms. The highest BCUT2D eigenvalue weighted by molar-refractivity contribution is 5.94. The molecule has 108 valence electrons. The van der Waals surface area contributed by atoms with E-state index in [2.05, 4.69) is 29.6 Å². The summed E-state index contributed by atoms with van der Waals surface area (Å²) < 4.78 is 0. The minimum Gasteiger partial charge on any atom is -0.326 e. The minimum absolute atomic E-state index is 0.183. The molecule has 2 bridgehead atoms. The number of fused-ring (bicyclic) bond motifs is 3. The third-order valence-corrected chi connectivity index (χ3v) is 5.37. The molecule has 0 aliphatic heterocycles. The number of amides is 1. The fraction of sp³-hybridized carbons (Fsp3) is 0.421. The van der Waals surface area contributed by atoms with Crippen LogP contribution in [-0.2, 0) is 4.79 Å². The molecule has 1 N–H and O–H groups in total. The number of carbonyl (C=O) groups is 1. The van der Waals surface area contributed by atoms with Crippen LogP contribution in [0, 0.1) is 17.8 Å². The van der Waals surface area contributed by atoms with Gasteiger partial charge in [0.2, 0.25) is 5.91 Å². The Morgan fingerprint density at radius 1 is 1.05 bits per heavy atom. The molecule has 0 saturated heterocycles. The van der Waals surface area contributed by atoms with Gasteiger partial charge in [-0.15, -0.1) is 0 Å². The van der Waals surface area contributed by atoms with Gasteiger partial charge in [-0.1, -0.05) is 36.8 Å². The summed E-state index contributed by atoms with van der Waals surface area (Å²) >= 11 is 0. The van der Waals surface area contributed by atoms with Crippen LogP contribution in [0.15, 0.2) is 42.5 Å². The summed E-state index contributed by atoms with van der Waals surface area (Å²) in [5, 5.41) is 5.47. The maximum Gasteiger partial charge on any atom is 0.224 e. The van der Waals surface area contributed by atoms with E-state index in [-0.39, 0.29) is 5.91 Å². The summed E-state index contributed by atoms with van der Waals surface area (Å²) in [6, 6.07) is 14.4. The first kappa shape index (κ1) is 12.9. The number of anilines is 1. The average molecular weight is 279 g/mol. The van der Waals surface area contributed by atoms with Crippen molar-refractivity contribution in [3.05, 3.63) is 42.5 Å². The Kier molecular flexibility index (Phi) is 3.17. The highest BCUT2D eigenvalue weighted by Crippen LogP contribution is 2.49. The summed E-state index contributed by atoms with van der Waals surface area (Å²) in [5.74, 6) is 2.54. The summed E-state index contributed by atoms with van der Waals surface area (Å²) in [5.41, 5.74) is 0.918. The molecule has 0 unspecified atom stereocenters. The van der Waals surface area contributed by atoms with Crippen LogP contribution < -0.4 is 5.32 Å². The molecule has 0 heterocycles. The minimum atomic E-state index is 0.183. The maximum absolute atomic E-state index is 12.3. The zero-order valence-electron chi connectivity index (χ0n) is 12.2. The Hall–Kier alpha value is -1.83. The third-order valence-electron chi connectivity index (χ3n) is 5.37. The predicted molar refractivity (Wildman–Crippen MR) is 86.1 cm³/mol. The van der Waals surface area contributed by atoms with Crippen molar-refractivity contribution in [3.8, 4) is 0 Å². The Morgan fingerprint density at radius 3 is 2.67 bits per heavy atom. The topological polar surface area (TPSA) is 29.1 Å². The normalized spacial score (nSPS) is 27.1. The van der Waals surface area contributed by atoms with Gasteiger partial charge in [0.15, 0.2) is 0 Å². The molecule has 2 saturated carbocycles. The van der Waals surface area contributed by atoms with E-state index in [1.807, 2.05) is 18.2 Å². The lowest BCUT2D eigenvalue weighted by Crippen LogP contribution is -2.20. The zero-order chi connectivity index (χ0) is 14.2.